The van der Waals surface area contributed by atoms with E-state index >= 15 is 0 Å². The average molecular weight is 326 g/mol. The molecule has 0 unspecified atom stereocenters. The van der Waals surface area contributed by atoms with Crippen LogP contribution < -0.4 is 10.2 Å². The van der Waals surface area contributed by atoms with Crippen LogP contribution >= 0.6 is 11.3 Å². The molecular weight excluding hydrogens is 308 g/mol. The van der Waals surface area contributed by atoms with Crippen molar-refractivity contribution >= 4 is 33.1 Å². The lowest BCUT2D eigenvalue weighted by Crippen LogP contribution is -2.14. The molecule has 4 nitrogen and oxygen atoms in total. The topological polar surface area (TPSA) is 51.1 Å². The Morgan fingerprint density at radius 3 is 2.48 bits per heavy atom. The van der Waals surface area contributed by atoms with Crippen molar-refractivity contribution in [1.82, 2.24) is 4.57 Å². The highest BCUT2D eigenvalue weighted by atomic mass is 32.1. The van der Waals surface area contributed by atoms with Gasteiger partial charge in [0, 0.05) is 17.3 Å². The van der Waals surface area contributed by atoms with Crippen LogP contribution in [-0.4, -0.2) is 10.5 Å². The van der Waals surface area contributed by atoms with Crippen LogP contribution in [0.5, 0.6) is 0 Å². The Labute approximate surface area is 138 Å². The summed E-state index contributed by atoms with van der Waals surface area (Å²) in [4.78, 5) is 24.4. The molecule has 3 aromatic rings. The van der Waals surface area contributed by atoms with E-state index in [0.29, 0.717) is 11.3 Å². The van der Waals surface area contributed by atoms with E-state index in [4.69, 9.17) is 0 Å². The second-order valence-electron chi connectivity index (χ2n) is 5.83. The van der Waals surface area contributed by atoms with E-state index in [1.807, 2.05) is 51.1 Å². The first-order valence-electron chi connectivity index (χ1n) is 7.49. The maximum Gasteiger partial charge on any atom is 0.308 e. The number of carbonyl (C=O) groups excluding carboxylic acids is 1. The van der Waals surface area contributed by atoms with Gasteiger partial charge in [-0.1, -0.05) is 29.0 Å². The Bertz CT molecular complexity index is 920. The predicted octanol–water partition coefficient (Wildman–Crippen LogP) is 4.20. The number of nitrogens with zero attached hydrogens (tertiary/aromatic N) is 1. The minimum Gasteiger partial charge on any atom is -0.322 e. The smallest absolute Gasteiger partial charge is 0.308 e. The van der Waals surface area contributed by atoms with Gasteiger partial charge in [0.15, 0.2) is 0 Å². The van der Waals surface area contributed by atoms with Crippen LogP contribution in [0.1, 0.15) is 35.8 Å². The van der Waals surface area contributed by atoms with Gasteiger partial charge in [0.05, 0.1) is 10.2 Å². The van der Waals surface area contributed by atoms with E-state index in [2.05, 4.69) is 5.32 Å². The van der Waals surface area contributed by atoms with Gasteiger partial charge >= 0.3 is 4.87 Å². The van der Waals surface area contributed by atoms with E-state index in [1.54, 1.807) is 16.7 Å². The quantitative estimate of drug-likeness (QED) is 0.784. The Morgan fingerprint density at radius 2 is 1.83 bits per heavy atom. The third kappa shape index (κ3) is 3.05. The number of fused-ring (bicyclic) bond motifs is 1. The molecule has 3 rings (SSSR count). The molecule has 0 saturated heterocycles. The third-order valence-electron chi connectivity index (χ3n) is 3.70. The molecule has 0 aliphatic heterocycles. The molecule has 23 heavy (non-hydrogen) atoms. The molecule has 0 aliphatic rings. The van der Waals surface area contributed by atoms with Crippen molar-refractivity contribution in [2.45, 2.75) is 26.8 Å². The van der Waals surface area contributed by atoms with Crippen molar-refractivity contribution < 1.29 is 4.79 Å². The zero-order valence-corrected chi connectivity index (χ0v) is 14.1. The Hall–Kier alpha value is -2.40. The minimum atomic E-state index is -0.153. The fourth-order valence-electron chi connectivity index (χ4n) is 2.51. The summed E-state index contributed by atoms with van der Waals surface area (Å²) in [5.74, 6) is -0.153. The van der Waals surface area contributed by atoms with Crippen LogP contribution in [0.25, 0.3) is 10.2 Å². The highest BCUT2D eigenvalue weighted by Crippen LogP contribution is 2.24. The molecule has 1 amide bonds. The molecule has 118 valence electrons. The molecule has 2 aromatic carbocycles. The van der Waals surface area contributed by atoms with Gasteiger partial charge in [0.1, 0.15) is 0 Å². The first-order chi connectivity index (χ1) is 11.0. The molecule has 1 heterocycles. The van der Waals surface area contributed by atoms with E-state index < -0.39 is 0 Å². The van der Waals surface area contributed by atoms with Crippen molar-refractivity contribution in [2.24, 2.45) is 0 Å². The number of nitrogens with one attached hydrogen (secondary N) is 1. The molecule has 1 aromatic heterocycles. The van der Waals surface area contributed by atoms with Gasteiger partial charge in [-0.15, -0.1) is 0 Å². The lowest BCUT2D eigenvalue weighted by molar-refractivity contribution is 0.102. The molecule has 0 bridgehead atoms. The van der Waals surface area contributed by atoms with Gasteiger partial charge in [-0.05, 0) is 51.1 Å². The van der Waals surface area contributed by atoms with Crippen LogP contribution in [-0.2, 0) is 0 Å². The number of aromatic nitrogens is 1. The van der Waals surface area contributed by atoms with E-state index in [-0.39, 0.29) is 16.8 Å². The Kier molecular flexibility index (Phi) is 4.05. The lowest BCUT2D eigenvalue weighted by Gasteiger charge is -2.08. The highest BCUT2D eigenvalue weighted by molar-refractivity contribution is 7.16. The number of thiazole rings is 1. The SMILES string of the molecule is Cc1ccc(C(=O)Nc2ccc3c(c2)sc(=O)n3C(C)C)cc1. The summed E-state index contributed by atoms with van der Waals surface area (Å²) in [6.45, 7) is 5.96. The summed E-state index contributed by atoms with van der Waals surface area (Å²) in [5, 5.41) is 2.88. The van der Waals surface area contributed by atoms with Gasteiger partial charge in [0.2, 0.25) is 0 Å². The normalized spacial score (nSPS) is 11.1. The number of rotatable bonds is 3. The summed E-state index contributed by atoms with van der Waals surface area (Å²) in [7, 11) is 0. The number of carbonyl (C=O) groups is 1. The van der Waals surface area contributed by atoms with Gasteiger partial charge in [-0.25, -0.2) is 0 Å². The Morgan fingerprint density at radius 1 is 1.13 bits per heavy atom. The zero-order chi connectivity index (χ0) is 16.6. The number of anilines is 1. The average Bonchev–Trinajstić information content (AvgIpc) is 2.83. The molecule has 0 radical (unpaired) electrons. The van der Waals surface area contributed by atoms with Crippen molar-refractivity contribution in [3.05, 3.63) is 63.3 Å². The number of benzene rings is 2. The predicted molar refractivity (Wildman–Crippen MR) is 95.6 cm³/mol. The van der Waals surface area contributed by atoms with Gasteiger partial charge in [-0.2, -0.15) is 0 Å². The molecular formula is C18H18N2O2S. The molecule has 5 heteroatoms. The second-order valence-corrected chi connectivity index (χ2v) is 6.83. The maximum atomic E-state index is 12.3. The molecule has 0 atom stereocenters. The van der Waals surface area contributed by atoms with E-state index in [0.717, 1.165) is 15.8 Å². The first kappa shape index (κ1) is 15.5. The zero-order valence-electron chi connectivity index (χ0n) is 13.3. The lowest BCUT2D eigenvalue weighted by atomic mass is 10.1. The van der Waals surface area contributed by atoms with Crippen molar-refractivity contribution in [2.75, 3.05) is 5.32 Å². The van der Waals surface area contributed by atoms with Crippen LogP contribution in [0.3, 0.4) is 0 Å². The van der Waals surface area contributed by atoms with Crippen LogP contribution in [0, 0.1) is 6.92 Å². The summed E-state index contributed by atoms with van der Waals surface area (Å²) >= 11 is 1.20. The van der Waals surface area contributed by atoms with Gasteiger partial charge in [0.25, 0.3) is 5.91 Å². The minimum absolute atomic E-state index is 0.0250. The van der Waals surface area contributed by atoms with E-state index in [1.165, 1.54) is 11.3 Å². The number of hydrogen-bond acceptors (Lipinski definition) is 3. The van der Waals surface area contributed by atoms with Crippen LogP contribution in [0.4, 0.5) is 5.69 Å². The number of hydrogen-bond donors (Lipinski definition) is 1. The summed E-state index contributed by atoms with van der Waals surface area (Å²) in [6.07, 6.45) is 0. The maximum absolute atomic E-state index is 12.3. The van der Waals surface area contributed by atoms with Crippen molar-refractivity contribution in [3.63, 3.8) is 0 Å². The Balaban J connectivity index is 1.91. The largest absolute Gasteiger partial charge is 0.322 e. The second kappa shape index (κ2) is 6.01. The van der Waals surface area contributed by atoms with Crippen LogP contribution in [0.15, 0.2) is 47.3 Å². The molecule has 1 N–H and O–H groups in total. The highest BCUT2D eigenvalue weighted by Gasteiger charge is 2.12. The summed E-state index contributed by atoms with van der Waals surface area (Å²) < 4.78 is 2.65. The first-order valence-corrected chi connectivity index (χ1v) is 8.30. The monoisotopic (exact) mass is 326 g/mol. The summed E-state index contributed by atoms with van der Waals surface area (Å²) in [5.41, 5.74) is 3.33. The molecule has 0 saturated carbocycles. The molecule has 0 spiro atoms. The van der Waals surface area contributed by atoms with Crippen molar-refractivity contribution in [1.29, 1.82) is 0 Å². The van der Waals surface area contributed by atoms with Crippen LogP contribution in [0.2, 0.25) is 0 Å². The van der Waals surface area contributed by atoms with E-state index in [9.17, 15) is 9.59 Å². The number of amides is 1. The third-order valence-corrected chi connectivity index (χ3v) is 4.62. The standard InChI is InChI=1S/C18H18N2O2S/c1-11(2)20-15-9-8-14(10-16(15)23-18(20)22)19-17(21)13-6-4-12(3)5-7-13/h4-11H,1-3H3,(H,19,21). The fourth-order valence-corrected chi connectivity index (χ4v) is 3.56. The van der Waals surface area contributed by atoms with Gasteiger partial charge in [-0.3, -0.25) is 14.2 Å². The number of aryl methyl sites for hydroxylation is 1. The fraction of sp³-hybridized carbons (Fsp3) is 0.222. The van der Waals surface area contributed by atoms with Gasteiger partial charge < -0.3 is 5.32 Å². The summed E-state index contributed by atoms with van der Waals surface area (Å²) in [6, 6.07) is 13.1. The molecule has 0 fully saturated rings. The molecule has 0 aliphatic carbocycles. The van der Waals surface area contributed by atoms with Crippen molar-refractivity contribution in [3.8, 4) is 0 Å².